The minimum absolute atomic E-state index is 0.0157. The van der Waals surface area contributed by atoms with Gasteiger partial charge in [0.15, 0.2) is 0 Å². The van der Waals surface area contributed by atoms with Crippen LogP contribution in [0.25, 0.3) is 0 Å². The maximum Gasteiger partial charge on any atom is 0.336 e. The summed E-state index contributed by atoms with van der Waals surface area (Å²) in [5.74, 6) is -6.66. The average molecular weight is 879 g/mol. The first-order chi connectivity index (χ1) is 29.3. The van der Waals surface area contributed by atoms with Gasteiger partial charge < -0.3 is 36.4 Å². The molecule has 1 heterocycles. The molecule has 3 aromatic carbocycles. The van der Waals surface area contributed by atoms with Crippen molar-refractivity contribution in [1.82, 2.24) is 20.9 Å². The van der Waals surface area contributed by atoms with Crippen molar-refractivity contribution in [3.63, 3.8) is 0 Å². The quantitative estimate of drug-likeness (QED) is 0.0707. The van der Waals surface area contributed by atoms with Gasteiger partial charge in [0.05, 0.1) is 45.8 Å². The summed E-state index contributed by atoms with van der Waals surface area (Å²) in [5, 5.41) is 17.9. The third kappa shape index (κ3) is 12.6. The summed E-state index contributed by atoms with van der Waals surface area (Å²) in [6, 6.07) is 17.1. The number of carboxylic acids is 1. The Morgan fingerprint density at radius 2 is 1.51 bits per heavy atom. The van der Waals surface area contributed by atoms with Crippen molar-refractivity contribution >= 4 is 64.5 Å². The Morgan fingerprint density at radius 3 is 2.13 bits per heavy atom. The molecule has 5 unspecified atom stereocenters. The number of carbonyl (C=O) groups excluding carboxylic acids is 6. The fraction of sp³-hybridized carbons (Fsp3) is 0.444. The summed E-state index contributed by atoms with van der Waals surface area (Å²) < 4.78 is 6.23. The zero-order valence-corrected chi connectivity index (χ0v) is 35.6. The largest absolute Gasteiger partial charge is 0.478 e. The Morgan fingerprint density at radius 1 is 0.869 bits per heavy atom. The highest BCUT2D eigenvalue weighted by atomic mass is 35.5. The van der Waals surface area contributed by atoms with E-state index >= 15 is 0 Å². The highest BCUT2D eigenvalue weighted by Gasteiger charge is 2.45. The van der Waals surface area contributed by atoms with E-state index < -0.39 is 77.0 Å². The number of hydrogen-bond acceptors (Lipinski definition) is 8. The molecule has 1 saturated carbocycles. The first-order valence-electron chi connectivity index (χ1n) is 20.7. The van der Waals surface area contributed by atoms with Crippen LogP contribution in [-0.2, 0) is 35.3 Å². The molecule has 0 spiro atoms. The molecule has 1 saturated heterocycles. The van der Waals surface area contributed by atoms with Gasteiger partial charge in [-0.3, -0.25) is 28.8 Å². The maximum atomic E-state index is 14.8. The molecule has 6 N–H and O–H groups in total. The molecule has 61 heavy (non-hydrogen) atoms. The fourth-order valence-corrected chi connectivity index (χ4v) is 8.42. The second-order valence-corrected chi connectivity index (χ2v) is 16.4. The molecule has 5 rings (SSSR count). The minimum Gasteiger partial charge on any atom is -0.478 e. The molecule has 1 aliphatic carbocycles. The molecule has 2 aliphatic rings. The van der Waals surface area contributed by atoms with Gasteiger partial charge in [0.2, 0.25) is 23.5 Å². The lowest BCUT2D eigenvalue weighted by Gasteiger charge is -2.35. The highest BCUT2D eigenvalue weighted by Crippen LogP contribution is 2.32. The SMILES string of the molecule is CCCC(NC(=O)C1CC(OCc2ccccc2)CN1C(=O)C(NC(=O)c1cc(Cl)c(Cl)cc1C(=O)O)C1CCCCC1)C(=O)C(=O)NCCCC(C(N)=O)c1ccccc1. The number of benzene rings is 3. The number of nitrogens with one attached hydrogen (secondary N) is 3. The van der Waals surface area contributed by atoms with Gasteiger partial charge in [-0.05, 0) is 61.3 Å². The number of amides is 5. The van der Waals surface area contributed by atoms with Crippen molar-refractivity contribution in [2.24, 2.45) is 11.7 Å². The number of nitrogens with zero attached hydrogens (tertiary/aromatic N) is 1. The molecular formula is C45H53Cl2N5O9. The normalized spacial score (nSPS) is 18.0. The number of carboxylic acid groups (broad SMARTS) is 1. The Kier molecular flexibility index (Phi) is 17.3. The Bertz CT molecular complexity index is 2050. The molecule has 2 fully saturated rings. The Labute approximate surface area is 365 Å². The zero-order chi connectivity index (χ0) is 44.1. The third-order valence-corrected chi connectivity index (χ3v) is 12.0. The van der Waals surface area contributed by atoms with Crippen LogP contribution in [0.15, 0.2) is 72.8 Å². The van der Waals surface area contributed by atoms with Crippen LogP contribution in [0, 0.1) is 5.92 Å². The number of hydrogen-bond donors (Lipinski definition) is 5. The molecule has 1 aliphatic heterocycles. The van der Waals surface area contributed by atoms with Crippen molar-refractivity contribution in [2.45, 2.75) is 108 Å². The number of ketones is 1. The van der Waals surface area contributed by atoms with Gasteiger partial charge in [0, 0.05) is 19.5 Å². The van der Waals surface area contributed by atoms with Crippen LogP contribution in [0.2, 0.25) is 10.0 Å². The van der Waals surface area contributed by atoms with Crippen LogP contribution in [0.3, 0.4) is 0 Å². The van der Waals surface area contributed by atoms with Crippen molar-refractivity contribution in [3.8, 4) is 0 Å². The van der Waals surface area contributed by atoms with Crippen LogP contribution in [0.1, 0.15) is 109 Å². The van der Waals surface area contributed by atoms with E-state index in [1.165, 1.54) is 4.90 Å². The topological polar surface area (TPSA) is 214 Å². The molecule has 0 aromatic heterocycles. The van der Waals surface area contributed by atoms with Gasteiger partial charge in [-0.25, -0.2) is 4.79 Å². The van der Waals surface area contributed by atoms with Crippen molar-refractivity contribution in [3.05, 3.63) is 105 Å². The van der Waals surface area contributed by atoms with Gasteiger partial charge in [-0.1, -0.05) is 116 Å². The van der Waals surface area contributed by atoms with Gasteiger partial charge in [-0.15, -0.1) is 0 Å². The summed E-state index contributed by atoms with van der Waals surface area (Å²) >= 11 is 12.3. The highest BCUT2D eigenvalue weighted by molar-refractivity contribution is 6.42. The number of primary amides is 1. The van der Waals surface area contributed by atoms with Crippen LogP contribution in [0.5, 0.6) is 0 Å². The zero-order valence-electron chi connectivity index (χ0n) is 34.1. The Hall–Kier alpha value is -5.31. The van der Waals surface area contributed by atoms with E-state index in [0.29, 0.717) is 32.1 Å². The van der Waals surface area contributed by atoms with Gasteiger partial charge >= 0.3 is 5.97 Å². The molecule has 14 nitrogen and oxygen atoms in total. The molecule has 0 radical (unpaired) electrons. The molecule has 16 heteroatoms. The number of likely N-dealkylation sites (tertiary alicyclic amines) is 1. The van der Waals surface area contributed by atoms with Crippen LogP contribution in [0.4, 0.5) is 0 Å². The number of aromatic carboxylic acids is 1. The number of ether oxygens (including phenoxy) is 1. The van der Waals surface area contributed by atoms with Crippen molar-refractivity contribution in [2.75, 3.05) is 13.1 Å². The molecule has 5 atom stereocenters. The molecule has 3 aromatic rings. The first-order valence-corrected chi connectivity index (χ1v) is 21.5. The van der Waals surface area contributed by atoms with E-state index in [4.69, 9.17) is 33.7 Å². The summed E-state index contributed by atoms with van der Waals surface area (Å²) in [5.41, 5.74) is 6.59. The summed E-state index contributed by atoms with van der Waals surface area (Å²) in [6.07, 6.45) is 4.47. The molecule has 0 bridgehead atoms. The minimum atomic E-state index is -1.41. The van der Waals surface area contributed by atoms with E-state index in [2.05, 4.69) is 16.0 Å². The summed E-state index contributed by atoms with van der Waals surface area (Å²) in [4.78, 5) is 95.3. The van der Waals surface area contributed by atoms with Gasteiger partial charge in [0.25, 0.3) is 11.8 Å². The van der Waals surface area contributed by atoms with Crippen molar-refractivity contribution in [1.29, 1.82) is 0 Å². The number of halogens is 2. The van der Waals surface area contributed by atoms with Gasteiger partial charge in [-0.2, -0.15) is 0 Å². The predicted octanol–water partition coefficient (Wildman–Crippen LogP) is 5.58. The lowest BCUT2D eigenvalue weighted by atomic mass is 9.83. The summed E-state index contributed by atoms with van der Waals surface area (Å²) in [6.45, 7) is 2.07. The van der Waals surface area contributed by atoms with Crippen LogP contribution >= 0.6 is 23.2 Å². The first kappa shape index (κ1) is 46.8. The predicted molar refractivity (Wildman–Crippen MR) is 229 cm³/mol. The van der Waals surface area contributed by atoms with Crippen LogP contribution < -0.4 is 21.7 Å². The number of Topliss-reactive ketones (excluding diaryl/α,β-unsaturated/α-hetero) is 1. The summed E-state index contributed by atoms with van der Waals surface area (Å²) in [7, 11) is 0. The molecular weight excluding hydrogens is 825 g/mol. The van der Waals surface area contributed by atoms with E-state index in [1.807, 2.05) is 36.4 Å². The van der Waals surface area contributed by atoms with E-state index in [0.717, 1.165) is 42.5 Å². The second-order valence-electron chi connectivity index (χ2n) is 15.6. The van der Waals surface area contributed by atoms with Crippen molar-refractivity contribution < 1.29 is 43.4 Å². The molecule has 5 amide bonds. The number of carbonyl (C=O) groups is 7. The second kappa shape index (κ2) is 22.5. The lowest BCUT2D eigenvalue weighted by molar-refractivity contribution is -0.143. The van der Waals surface area contributed by atoms with Crippen LogP contribution in [-0.4, -0.2) is 88.6 Å². The monoisotopic (exact) mass is 877 g/mol. The standard InChI is InChI=1S/C45H53Cl2N5O9/c1-2-13-36(39(53)43(57)49-21-12-20-31(40(48)54)28-16-8-4-9-17-28)50-42(56)37-22-30(61-26-27-14-6-3-7-15-27)25-52(37)44(58)38(29-18-10-5-11-19-29)51-41(55)32-23-34(46)35(47)24-33(32)45(59)60/h3-4,6-9,14-17,23-24,29-31,36-38H,2,5,10-13,18-22,25-26H2,1H3,(H2,48,54)(H,49,57)(H,50,56)(H,51,55)(H,59,60). The molecule has 326 valence electrons. The van der Waals surface area contributed by atoms with E-state index in [9.17, 15) is 38.7 Å². The smallest absolute Gasteiger partial charge is 0.336 e. The lowest BCUT2D eigenvalue weighted by Crippen LogP contribution is -2.58. The Balaban J connectivity index is 1.34. The van der Waals surface area contributed by atoms with Gasteiger partial charge in [0.1, 0.15) is 12.1 Å². The van der Waals surface area contributed by atoms with E-state index in [1.54, 1.807) is 31.2 Å². The fourth-order valence-electron chi connectivity index (χ4n) is 8.09. The maximum absolute atomic E-state index is 14.8. The number of rotatable bonds is 20. The third-order valence-electron chi connectivity index (χ3n) is 11.3. The number of nitrogens with two attached hydrogens (primary N) is 1. The average Bonchev–Trinajstić information content (AvgIpc) is 3.70. The van der Waals surface area contributed by atoms with E-state index in [-0.39, 0.29) is 54.1 Å².